The van der Waals surface area contributed by atoms with Crippen LogP contribution in [-0.4, -0.2) is 25.7 Å². The number of anilines is 1. The smallest absolute Gasteiger partial charge is 0.354 e. The molecule has 0 radical (unpaired) electrons. The first-order valence-corrected chi connectivity index (χ1v) is 6.08. The van der Waals surface area contributed by atoms with Crippen molar-refractivity contribution in [3.63, 3.8) is 0 Å². The van der Waals surface area contributed by atoms with Gasteiger partial charge in [0.15, 0.2) is 11.3 Å². The fourth-order valence-corrected chi connectivity index (χ4v) is 2.12. The molecule has 0 fully saturated rings. The lowest BCUT2D eigenvalue weighted by Crippen LogP contribution is -2.07. The van der Waals surface area contributed by atoms with Gasteiger partial charge in [-0.25, -0.2) is 9.31 Å². The maximum absolute atomic E-state index is 11.2. The van der Waals surface area contributed by atoms with Crippen molar-refractivity contribution in [1.82, 2.24) is 14.6 Å². The van der Waals surface area contributed by atoms with Gasteiger partial charge in [-0.05, 0) is 29.8 Å². The SMILES string of the molecule is Nc1nc2c(-c3ccc(Cl)cc3)ccc(C(=O)O)n2n1. The molecule has 0 aliphatic heterocycles. The average molecular weight is 289 g/mol. The van der Waals surface area contributed by atoms with Crippen molar-refractivity contribution >= 4 is 29.2 Å². The van der Waals surface area contributed by atoms with E-state index in [0.29, 0.717) is 10.7 Å². The second kappa shape index (κ2) is 4.50. The van der Waals surface area contributed by atoms with Crippen LogP contribution in [0.2, 0.25) is 5.02 Å². The first-order valence-electron chi connectivity index (χ1n) is 5.71. The van der Waals surface area contributed by atoms with E-state index in [1.807, 2.05) is 12.1 Å². The Bertz CT molecular complexity index is 811. The molecule has 0 unspecified atom stereocenters. The van der Waals surface area contributed by atoms with Crippen molar-refractivity contribution in [2.75, 3.05) is 5.73 Å². The van der Waals surface area contributed by atoms with Gasteiger partial charge in [0.1, 0.15) is 0 Å². The highest BCUT2D eigenvalue weighted by Crippen LogP contribution is 2.26. The van der Waals surface area contributed by atoms with Gasteiger partial charge in [0.05, 0.1) is 0 Å². The van der Waals surface area contributed by atoms with Crippen molar-refractivity contribution < 1.29 is 9.90 Å². The summed E-state index contributed by atoms with van der Waals surface area (Å²) < 4.78 is 1.22. The Morgan fingerprint density at radius 2 is 1.90 bits per heavy atom. The Morgan fingerprint density at radius 3 is 2.55 bits per heavy atom. The number of halogens is 1. The van der Waals surface area contributed by atoms with E-state index in [0.717, 1.165) is 11.1 Å². The molecule has 0 bridgehead atoms. The number of hydrogen-bond acceptors (Lipinski definition) is 4. The predicted octanol–water partition coefficient (Wildman–Crippen LogP) is 2.33. The minimum atomic E-state index is -1.09. The van der Waals surface area contributed by atoms with Crippen LogP contribution >= 0.6 is 11.6 Å². The van der Waals surface area contributed by atoms with Gasteiger partial charge in [0.2, 0.25) is 5.95 Å². The van der Waals surface area contributed by atoms with Gasteiger partial charge in [0, 0.05) is 10.6 Å². The number of carbonyl (C=O) groups is 1. The summed E-state index contributed by atoms with van der Waals surface area (Å²) in [5, 5.41) is 13.7. The summed E-state index contributed by atoms with van der Waals surface area (Å²) in [6, 6.07) is 10.3. The molecule has 0 spiro atoms. The van der Waals surface area contributed by atoms with E-state index in [2.05, 4.69) is 10.1 Å². The fourth-order valence-electron chi connectivity index (χ4n) is 1.99. The molecule has 0 amide bonds. The molecule has 3 N–H and O–H groups in total. The second-order valence-electron chi connectivity index (χ2n) is 4.15. The van der Waals surface area contributed by atoms with Crippen LogP contribution in [-0.2, 0) is 0 Å². The van der Waals surface area contributed by atoms with Gasteiger partial charge in [-0.3, -0.25) is 0 Å². The van der Waals surface area contributed by atoms with Crippen LogP contribution in [0.1, 0.15) is 10.5 Å². The number of aromatic nitrogens is 3. The summed E-state index contributed by atoms with van der Waals surface area (Å²) in [6.45, 7) is 0. The van der Waals surface area contributed by atoms with Crippen molar-refractivity contribution in [2.45, 2.75) is 0 Å². The number of nitrogens with zero attached hydrogens (tertiary/aromatic N) is 3. The zero-order valence-electron chi connectivity index (χ0n) is 10.1. The lowest BCUT2D eigenvalue weighted by Gasteiger charge is -2.05. The largest absolute Gasteiger partial charge is 0.477 e. The van der Waals surface area contributed by atoms with Crippen LogP contribution in [0.5, 0.6) is 0 Å². The highest BCUT2D eigenvalue weighted by molar-refractivity contribution is 6.30. The van der Waals surface area contributed by atoms with Crippen LogP contribution in [0.4, 0.5) is 5.95 Å². The van der Waals surface area contributed by atoms with Gasteiger partial charge in [-0.2, -0.15) is 4.98 Å². The maximum Gasteiger partial charge on any atom is 0.354 e. The maximum atomic E-state index is 11.2. The van der Waals surface area contributed by atoms with E-state index in [9.17, 15) is 4.79 Å². The summed E-state index contributed by atoms with van der Waals surface area (Å²) in [5.74, 6) is -1.07. The molecule has 3 aromatic rings. The molecule has 0 saturated heterocycles. The molecule has 2 heterocycles. The van der Waals surface area contributed by atoms with Crippen LogP contribution in [0.15, 0.2) is 36.4 Å². The number of hydrogen-bond donors (Lipinski definition) is 2. The van der Waals surface area contributed by atoms with Crippen molar-refractivity contribution in [3.8, 4) is 11.1 Å². The minimum Gasteiger partial charge on any atom is -0.477 e. The molecule has 2 aromatic heterocycles. The van der Waals surface area contributed by atoms with Crippen LogP contribution in [0.25, 0.3) is 16.8 Å². The van der Waals surface area contributed by atoms with Crippen molar-refractivity contribution in [1.29, 1.82) is 0 Å². The Labute approximate surface area is 118 Å². The number of nitrogens with two attached hydrogens (primary N) is 1. The molecule has 3 rings (SSSR count). The monoisotopic (exact) mass is 288 g/mol. The van der Waals surface area contributed by atoms with Gasteiger partial charge in [0.25, 0.3) is 0 Å². The molecule has 1 aromatic carbocycles. The Kier molecular flexibility index (Phi) is 2.80. The number of nitrogen functional groups attached to an aromatic ring is 1. The van der Waals surface area contributed by atoms with E-state index in [1.165, 1.54) is 10.6 Å². The third-order valence-electron chi connectivity index (χ3n) is 2.87. The molecule has 0 saturated carbocycles. The topological polar surface area (TPSA) is 93.5 Å². The van der Waals surface area contributed by atoms with Gasteiger partial charge >= 0.3 is 5.97 Å². The number of aromatic carboxylic acids is 1. The third-order valence-corrected chi connectivity index (χ3v) is 3.13. The summed E-state index contributed by atoms with van der Waals surface area (Å²) >= 11 is 5.86. The first-order chi connectivity index (χ1) is 9.56. The fraction of sp³-hybridized carbons (Fsp3) is 0. The normalized spacial score (nSPS) is 10.8. The minimum absolute atomic E-state index is 0.00177. The van der Waals surface area contributed by atoms with E-state index in [-0.39, 0.29) is 11.6 Å². The Hall–Kier alpha value is -2.60. The second-order valence-corrected chi connectivity index (χ2v) is 4.59. The van der Waals surface area contributed by atoms with E-state index in [4.69, 9.17) is 22.4 Å². The summed E-state index contributed by atoms with van der Waals surface area (Å²) in [4.78, 5) is 15.3. The Morgan fingerprint density at radius 1 is 1.20 bits per heavy atom. The summed E-state index contributed by atoms with van der Waals surface area (Å²) in [6.07, 6.45) is 0. The van der Waals surface area contributed by atoms with Gasteiger partial charge in [-0.1, -0.05) is 23.7 Å². The highest BCUT2D eigenvalue weighted by Gasteiger charge is 2.15. The summed E-state index contributed by atoms with van der Waals surface area (Å²) in [5.41, 5.74) is 7.55. The molecule has 0 aliphatic carbocycles. The van der Waals surface area contributed by atoms with Gasteiger partial charge < -0.3 is 10.8 Å². The zero-order chi connectivity index (χ0) is 14.3. The first kappa shape index (κ1) is 12.4. The average Bonchev–Trinajstić information content (AvgIpc) is 2.79. The number of benzene rings is 1. The van der Waals surface area contributed by atoms with Crippen LogP contribution < -0.4 is 5.73 Å². The lowest BCUT2D eigenvalue weighted by atomic mass is 10.1. The van der Waals surface area contributed by atoms with Gasteiger partial charge in [-0.15, -0.1) is 5.10 Å². The standard InChI is InChI=1S/C13H9ClN4O2/c14-8-3-1-7(2-4-8)9-5-6-10(12(19)20)18-11(9)16-13(15)17-18/h1-6H,(H2,15,17)(H,19,20). The third kappa shape index (κ3) is 1.96. The zero-order valence-corrected chi connectivity index (χ0v) is 10.9. The molecule has 6 nitrogen and oxygen atoms in total. The number of fused-ring (bicyclic) bond motifs is 1. The number of carboxylic acid groups (broad SMARTS) is 1. The molecular formula is C13H9ClN4O2. The van der Waals surface area contributed by atoms with E-state index < -0.39 is 5.97 Å². The van der Waals surface area contributed by atoms with Crippen molar-refractivity contribution in [2.24, 2.45) is 0 Å². The van der Waals surface area contributed by atoms with E-state index >= 15 is 0 Å². The van der Waals surface area contributed by atoms with Crippen molar-refractivity contribution in [3.05, 3.63) is 47.1 Å². The molecule has 100 valence electrons. The predicted molar refractivity (Wildman–Crippen MR) is 74.8 cm³/mol. The number of carboxylic acids is 1. The molecule has 0 atom stereocenters. The lowest BCUT2D eigenvalue weighted by molar-refractivity contribution is 0.0687. The van der Waals surface area contributed by atoms with E-state index in [1.54, 1.807) is 18.2 Å². The molecule has 7 heteroatoms. The summed E-state index contributed by atoms with van der Waals surface area (Å²) in [7, 11) is 0. The molecular weight excluding hydrogens is 280 g/mol. The number of pyridine rings is 1. The molecule has 20 heavy (non-hydrogen) atoms. The van der Waals surface area contributed by atoms with Crippen LogP contribution in [0.3, 0.4) is 0 Å². The number of rotatable bonds is 2. The Balaban J connectivity index is 2.30. The highest BCUT2D eigenvalue weighted by atomic mass is 35.5. The quantitative estimate of drug-likeness (QED) is 0.755. The molecule has 0 aliphatic rings. The van der Waals surface area contributed by atoms with Crippen LogP contribution in [0, 0.1) is 0 Å².